The van der Waals surface area contributed by atoms with Gasteiger partial charge in [0, 0.05) is 18.2 Å². The van der Waals surface area contributed by atoms with E-state index in [-0.39, 0.29) is 48.1 Å². The SMILES string of the molecule is CC(NC(=O)CCc1ccc(C2(C)C(=O)Nc3nc(-c4nn(Cc5ccccc5F)c5ncccc45)nc(N)c32)cc1)C(=O)O. The fourth-order valence-corrected chi connectivity index (χ4v) is 5.50. The summed E-state index contributed by atoms with van der Waals surface area (Å²) in [6.45, 7) is 3.28. The molecule has 3 aromatic heterocycles. The molecule has 5 aromatic rings. The van der Waals surface area contributed by atoms with Crippen LogP contribution in [0.2, 0.25) is 0 Å². The molecule has 4 heterocycles. The molecule has 1 aliphatic heterocycles. The van der Waals surface area contributed by atoms with E-state index in [2.05, 4.69) is 30.7 Å². The molecule has 2 atom stereocenters. The van der Waals surface area contributed by atoms with Crippen LogP contribution in [0.1, 0.15) is 42.5 Å². The number of hydrogen-bond acceptors (Lipinski definition) is 8. The number of pyridine rings is 1. The third-order valence-electron chi connectivity index (χ3n) is 8.04. The summed E-state index contributed by atoms with van der Waals surface area (Å²) < 4.78 is 16.0. The second kappa shape index (κ2) is 11.4. The second-order valence-electron chi connectivity index (χ2n) is 11.0. The number of fused-ring (bicyclic) bond motifs is 2. The van der Waals surface area contributed by atoms with Gasteiger partial charge in [-0.25, -0.2) is 24.0 Å². The monoisotopic (exact) mass is 608 g/mol. The number of nitrogens with two attached hydrogens (primary N) is 1. The summed E-state index contributed by atoms with van der Waals surface area (Å²) in [5.41, 5.74) is 8.59. The summed E-state index contributed by atoms with van der Waals surface area (Å²) in [4.78, 5) is 50.2. The number of halogens is 1. The number of aliphatic carboxylic acids is 1. The number of nitrogens with zero attached hydrogens (tertiary/aromatic N) is 5. The topological polar surface area (TPSA) is 178 Å². The van der Waals surface area contributed by atoms with Crippen LogP contribution in [0.25, 0.3) is 22.6 Å². The van der Waals surface area contributed by atoms with E-state index in [0.717, 1.165) is 5.56 Å². The average molecular weight is 609 g/mol. The van der Waals surface area contributed by atoms with Gasteiger partial charge in [0.15, 0.2) is 11.5 Å². The van der Waals surface area contributed by atoms with Crippen molar-refractivity contribution in [2.24, 2.45) is 0 Å². The fraction of sp³-hybridized carbons (Fsp3) is 0.219. The summed E-state index contributed by atoms with van der Waals surface area (Å²) in [6, 6.07) is 16.2. The number of nitrogen functional groups attached to an aromatic ring is 1. The average Bonchev–Trinajstić information content (AvgIpc) is 3.52. The van der Waals surface area contributed by atoms with Crippen molar-refractivity contribution in [1.29, 1.82) is 0 Å². The maximum absolute atomic E-state index is 14.4. The molecule has 13 heteroatoms. The first-order valence-corrected chi connectivity index (χ1v) is 14.2. The molecule has 0 aliphatic carbocycles. The number of benzene rings is 2. The van der Waals surface area contributed by atoms with Crippen LogP contribution in [-0.4, -0.2) is 53.7 Å². The third kappa shape index (κ3) is 5.32. The summed E-state index contributed by atoms with van der Waals surface area (Å²) in [6.07, 6.45) is 2.12. The number of hydrogen-bond donors (Lipinski definition) is 4. The van der Waals surface area contributed by atoms with Gasteiger partial charge in [-0.3, -0.25) is 14.4 Å². The van der Waals surface area contributed by atoms with E-state index in [9.17, 15) is 18.8 Å². The molecule has 2 unspecified atom stereocenters. The van der Waals surface area contributed by atoms with Gasteiger partial charge in [0.2, 0.25) is 11.8 Å². The van der Waals surface area contributed by atoms with Gasteiger partial charge in [0.1, 0.15) is 34.6 Å². The normalized spacial score (nSPS) is 16.3. The number of carbonyl (C=O) groups is 3. The molecule has 228 valence electrons. The molecule has 6 rings (SSSR count). The van der Waals surface area contributed by atoms with Crippen molar-refractivity contribution >= 4 is 40.5 Å². The van der Waals surface area contributed by atoms with Crippen molar-refractivity contribution in [3.05, 3.63) is 94.9 Å². The molecule has 1 aliphatic rings. The van der Waals surface area contributed by atoms with Gasteiger partial charge in [-0.05, 0) is 49.6 Å². The van der Waals surface area contributed by atoms with Gasteiger partial charge in [-0.1, -0.05) is 42.5 Å². The van der Waals surface area contributed by atoms with Crippen molar-refractivity contribution in [3.63, 3.8) is 0 Å². The Morgan fingerprint density at radius 3 is 2.60 bits per heavy atom. The molecule has 0 spiro atoms. The maximum Gasteiger partial charge on any atom is 0.325 e. The Hall–Kier alpha value is -5.72. The van der Waals surface area contributed by atoms with Crippen LogP contribution < -0.4 is 16.4 Å². The van der Waals surface area contributed by atoms with Crippen LogP contribution >= 0.6 is 0 Å². The van der Waals surface area contributed by atoms with Crippen molar-refractivity contribution in [1.82, 2.24) is 30.0 Å². The highest BCUT2D eigenvalue weighted by Crippen LogP contribution is 2.45. The number of carboxylic acid groups (broad SMARTS) is 1. The van der Waals surface area contributed by atoms with E-state index in [1.165, 1.54) is 13.0 Å². The number of carbonyl (C=O) groups excluding carboxylic acids is 2. The number of rotatable bonds is 9. The van der Waals surface area contributed by atoms with E-state index in [0.29, 0.717) is 39.8 Å². The van der Waals surface area contributed by atoms with Gasteiger partial charge in [-0.2, -0.15) is 5.10 Å². The van der Waals surface area contributed by atoms with Crippen LogP contribution in [0.5, 0.6) is 0 Å². The fourth-order valence-electron chi connectivity index (χ4n) is 5.50. The number of aryl methyl sites for hydroxylation is 1. The van der Waals surface area contributed by atoms with E-state index in [4.69, 9.17) is 10.8 Å². The summed E-state index contributed by atoms with van der Waals surface area (Å²) >= 11 is 0. The van der Waals surface area contributed by atoms with Gasteiger partial charge >= 0.3 is 5.97 Å². The minimum absolute atomic E-state index is 0.102. The Morgan fingerprint density at radius 1 is 1.11 bits per heavy atom. The molecular formula is C32H29FN8O4. The van der Waals surface area contributed by atoms with Gasteiger partial charge in [0.25, 0.3) is 0 Å². The zero-order valence-electron chi connectivity index (χ0n) is 24.4. The predicted molar refractivity (Wildman–Crippen MR) is 164 cm³/mol. The lowest BCUT2D eigenvalue weighted by atomic mass is 9.77. The lowest BCUT2D eigenvalue weighted by Crippen LogP contribution is -2.38. The Morgan fingerprint density at radius 2 is 1.87 bits per heavy atom. The molecular weight excluding hydrogens is 579 g/mol. The summed E-state index contributed by atoms with van der Waals surface area (Å²) in [5, 5.41) is 19.6. The minimum Gasteiger partial charge on any atom is -0.480 e. The number of carboxylic acids is 1. The number of anilines is 2. The zero-order valence-corrected chi connectivity index (χ0v) is 24.4. The lowest BCUT2D eigenvalue weighted by molar-refractivity contribution is -0.141. The van der Waals surface area contributed by atoms with Crippen molar-refractivity contribution < 1.29 is 23.9 Å². The predicted octanol–water partition coefficient (Wildman–Crippen LogP) is 3.44. The summed E-state index contributed by atoms with van der Waals surface area (Å²) in [7, 11) is 0. The number of nitrogens with one attached hydrogen (secondary N) is 2. The Balaban J connectivity index is 1.29. The molecule has 12 nitrogen and oxygen atoms in total. The van der Waals surface area contributed by atoms with Crippen LogP contribution in [-0.2, 0) is 32.8 Å². The quantitative estimate of drug-likeness (QED) is 0.195. The van der Waals surface area contributed by atoms with Gasteiger partial charge in [0.05, 0.1) is 17.5 Å². The van der Waals surface area contributed by atoms with E-state index in [1.807, 2.05) is 18.2 Å². The summed E-state index contributed by atoms with van der Waals surface area (Å²) in [5.74, 6) is -1.61. The molecule has 5 N–H and O–H groups in total. The van der Waals surface area contributed by atoms with Gasteiger partial charge < -0.3 is 21.5 Å². The molecule has 0 saturated carbocycles. The van der Waals surface area contributed by atoms with Crippen molar-refractivity contribution in [3.8, 4) is 11.5 Å². The first-order valence-electron chi connectivity index (χ1n) is 14.2. The van der Waals surface area contributed by atoms with Crippen molar-refractivity contribution in [2.45, 2.75) is 44.7 Å². The molecule has 0 radical (unpaired) electrons. The van der Waals surface area contributed by atoms with Crippen LogP contribution in [0, 0.1) is 5.82 Å². The van der Waals surface area contributed by atoms with Crippen LogP contribution in [0.4, 0.5) is 16.0 Å². The largest absolute Gasteiger partial charge is 0.480 e. The van der Waals surface area contributed by atoms with E-state index in [1.54, 1.807) is 54.2 Å². The lowest BCUT2D eigenvalue weighted by Gasteiger charge is -2.23. The highest BCUT2D eigenvalue weighted by molar-refractivity contribution is 6.09. The Labute approximate surface area is 256 Å². The Kier molecular flexibility index (Phi) is 7.44. The highest BCUT2D eigenvalue weighted by atomic mass is 19.1. The smallest absolute Gasteiger partial charge is 0.325 e. The number of aromatic nitrogens is 5. The molecule has 0 bridgehead atoms. The zero-order chi connectivity index (χ0) is 31.9. The molecule has 0 fully saturated rings. The molecule has 2 amide bonds. The maximum atomic E-state index is 14.4. The first-order chi connectivity index (χ1) is 21.6. The molecule has 0 saturated heterocycles. The molecule has 2 aromatic carbocycles. The van der Waals surface area contributed by atoms with Crippen LogP contribution in [0.15, 0.2) is 66.9 Å². The van der Waals surface area contributed by atoms with E-state index >= 15 is 0 Å². The second-order valence-corrected chi connectivity index (χ2v) is 11.0. The standard InChI is InChI=1S/C32H29FN8O4/c1-17(30(43)44)36-23(42)14-11-18-9-12-20(13-10-18)32(2)24-26(34)37-28(38-27(24)39-31(32)45)25-21-7-5-15-35-29(21)41(40-25)16-19-6-3-4-8-22(19)33/h3-10,12-13,15,17H,11,14,16H2,1-2H3,(H,36,42)(H,43,44)(H3,34,37,38,39,45). The van der Waals surface area contributed by atoms with Crippen molar-refractivity contribution in [2.75, 3.05) is 11.1 Å². The Bertz CT molecular complexity index is 1980. The molecule has 45 heavy (non-hydrogen) atoms. The highest BCUT2D eigenvalue weighted by Gasteiger charge is 2.47. The van der Waals surface area contributed by atoms with Gasteiger partial charge in [-0.15, -0.1) is 0 Å². The third-order valence-corrected chi connectivity index (χ3v) is 8.04. The first kappa shape index (κ1) is 29.4. The van der Waals surface area contributed by atoms with E-state index < -0.39 is 17.4 Å². The number of amides is 2. The van der Waals surface area contributed by atoms with Crippen LogP contribution in [0.3, 0.4) is 0 Å². The minimum atomic E-state index is -1.20.